The number of nitrogens with zero attached hydrogens (tertiary/aromatic N) is 3. The highest BCUT2D eigenvalue weighted by Gasteiger charge is 2.31. The van der Waals surface area contributed by atoms with Crippen LogP contribution >= 0.6 is 0 Å². The molecule has 2 aromatic rings. The van der Waals surface area contributed by atoms with E-state index in [-0.39, 0.29) is 24.5 Å². The predicted molar refractivity (Wildman–Crippen MR) is 104 cm³/mol. The second-order valence-electron chi connectivity index (χ2n) is 7.13. The van der Waals surface area contributed by atoms with E-state index in [9.17, 15) is 22.8 Å². The number of aryl methyl sites for hydroxylation is 1. The van der Waals surface area contributed by atoms with Crippen LogP contribution in [0.25, 0.3) is 0 Å². The van der Waals surface area contributed by atoms with Crippen LogP contribution in [0.4, 0.5) is 19.0 Å². The van der Waals surface area contributed by atoms with Gasteiger partial charge in [-0.15, -0.1) is 0 Å². The van der Waals surface area contributed by atoms with Gasteiger partial charge in [0.25, 0.3) is 5.91 Å². The fraction of sp³-hybridized carbons (Fsp3) is 0.450. The number of morpholine rings is 1. The lowest BCUT2D eigenvalue weighted by Crippen LogP contribution is -2.45. The molecule has 0 bridgehead atoms. The summed E-state index contributed by atoms with van der Waals surface area (Å²) in [5, 5.41) is 6.19. The van der Waals surface area contributed by atoms with E-state index < -0.39 is 23.6 Å². The molecule has 168 valence electrons. The van der Waals surface area contributed by atoms with Crippen molar-refractivity contribution in [3.63, 3.8) is 0 Å². The van der Waals surface area contributed by atoms with E-state index in [1.165, 1.54) is 23.1 Å². The van der Waals surface area contributed by atoms with Gasteiger partial charge in [-0.2, -0.15) is 13.2 Å². The molecule has 1 aliphatic heterocycles. The number of rotatable bonds is 7. The number of halogens is 3. The van der Waals surface area contributed by atoms with Crippen molar-refractivity contribution < 1.29 is 32.0 Å². The van der Waals surface area contributed by atoms with Crippen molar-refractivity contribution in [1.29, 1.82) is 0 Å². The summed E-state index contributed by atoms with van der Waals surface area (Å²) in [6, 6.07) is 5.69. The molecular weight excluding hydrogens is 417 g/mol. The summed E-state index contributed by atoms with van der Waals surface area (Å²) in [5.41, 5.74) is -1.06. The minimum Gasteiger partial charge on any atom is -0.379 e. The Hall–Kier alpha value is -2.92. The third-order valence-electron chi connectivity index (χ3n) is 4.74. The highest BCUT2D eigenvalue weighted by atomic mass is 19.4. The van der Waals surface area contributed by atoms with E-state index in [4.69, 9.17) is 9.26 Å². The van der Waals surface area contributed by atoms with Gasteiger partial charge < -0.3 is 19.5 Å². The summed E-state index contributed by atoms with van der Waals surface area (Å²) in [7, 11) is 0. The number of carbonyl (C=O) groups excluding carboxylic acids is 2. The highest BCUT2D eigenvalue weighted by Crippen LogP contribution is 2.29. The molecule has 1 saturated heterocycles. The molecule has 0 aliphatic carbocycles. The smallest absolute Gasteiger partial charge is 0.379 e. The molecular formula is C20H23F3N4O4. The van der Waals surface area contributed by atoms with Gasteiger partial charge in [-0.25, -0.2) is 0 Å². The highest BCUT2D eigenvalue weighted by molar-refractivity contribution is 5.99. The number of hydrogen-bond acceptors (Lipinski definition) is 6. The molecule has 1 aromatic carbocycles. The second-order valence-corrected chi connectivity index (χ2v) is 7.13. The number of benzene rings is 1. The molecule has 1 aromatic heterocycles. The molecule has 2 heterocycles. The Bertz CT molecular complexity index is 910. The Labute approximate surface area is 176 Å². The van der Waals surface area contributed by atoms with E-state index in [1.807, 2.05) is 0 Å². The second kappa shape index (κ2) is 9.92. The molecule has 1 fully saturated rings. The zero-order valence-electron chi connectivity index (χ0n) is 16.9. The van der Waals surface area contributed by atoms with Crippen molar-refractivity contribution in [3.05, 3.63) is 47.2 Å². The molecule has 1 aliphatic rings. The third kappa shape index (κ3) is 6.53. The van der Waals surface area contributed by atoms with Crippen molar-refractivity contribution in [2.75, 3.05) is 51.3 Å². The van der Waals surface area contributed by atoms with Gasteiger partial charge in [-0.1, -0.05) is 11.2 Å². The average molecular weight is 440 g/mol. The molecule has 2 amide bonds. The first-order valence-corrected chi connectivity index (χ1v) is 9.72. The fourth-order valence-corrected chi connectivity index (χ4v) is 3.13. The Morgan fingerprint density at radius 2 is 1.97 bits per heavy atom. The van der Waals surface area contributed by atoms with Crippen LogP contribution in [0.15, 0.2) is 34.9 Å². The van der Waals surface area contributed by atoms with Crippen molar-refractivity contribution >= 4 is 17.6 Å². The number of aromatic nitrogens is 1. The van der Waals surface area contributed by atoms with Gasteiger partial charge in [0.15, 0.2) is 5.82 Å². The van der Waals surface area contributed by atoms with Crippen LogP contribution < -0.4 is 5.32 Å². The van der Waals surface area contributed by atoms with Gasteiger partial charge in [0.05, 0.1) is 18.8 Å². The largest absolute Gasteiger partial charge is 0.416 e. The lowest BCUT2D eigenvalue weighted by Gasteiger charge is -2.30. The number of hydrogen-bond donors (Lipinski definition) is 1. The van der Waals surface area contributed by atoms with Crippen LogP contribution in [-0.4, -0.2) is 72.7 Å². The number of alkyl halides is 3. The normalized spacial score (nSPS) is 15.0. The summed E-state index contributed by atoms with van der Waals surface area (Å²) < 4.78 is 49.3. The third-order valence-corrected chi connectivity index (χ3v) is 4.74. The summed E-state index contributed by atoms with van der Waals surface area (Å²) in [6.45, 7) is 4.43. The number of nitrogens with one attached hydrogen (secondary N) is 1. The summed E-state index contributed by atoms with van der Waals surface area (Å²) in [5.74, 6) is -0.497. The topological polar surface area (TPSA) is 87.9 Å². The first kappa shape index (κ1) is 22.8. The molecule has 1 N–H and O–H groups in total. The molecule has 0 spiro atoms. The maximum absolute atomic E-state index is 13.1. The van der Waals surface area contributed by atoms with Gasteiger partial charge in [-0.3, -0.25) is 14.5 Å². The molecule has 0 saturated carbocycles. The van der Waals surface area contributed by atoms with Gasteiger partial charge in [-0.05, 0) is 25.1 Å². The van der Waals surface area contributed by atoms with E-state index >= 15 is 0 Å². The van der Waals surface area contributed by atoms with E-state index in [1.54, 1.807) is 6.92 Å². The van der Waals surface area contributed by atoms with Crippen molar-refractivity contribution in [2.24, 2.45) is 0 Å². The van der Waals surface area contributed by atoms with Crippen LogP contribution in [0.3, 0.4) is 0 Å². The van der Waals surface area contributed by atoms with E-state index in [0.29, 0.717) is 38.6 Å². The number of amides is 2. The van der Waals surface area contributed by atoms with Gasteiger partial charge in [0, 0.05) is 37.8 Å². The van der Waals surface area contributed by atoms with Crippen LogP contribution in [-0.2, 0) is 15.7 Å². The first-order valence-electron chi connectivity index (χ1n) is 9.72. The molecule has 0 atom stereocenters. The predicted octanol–water partition coefficient (Wildman–Crippen LogP) is 2.41. The maximum atomic E-state index is 13.1. The lowest BCUT2D eigenvalue weighted by atomic mass is 10.1. The van der Waals surface area contributed by atoms with E-state index in [2.05, 4.69) is 15.4 Å². The zero-order valence-corrected chi connectivity index (χ0v) is 16.9. The van der Waals surface area contributed by atoms with Crippen LogP contribution in [0.5, 0.6) is 0 Å². The van der Waals surface area contributed by atoms with Crippen LogP contribution in [0, 0.1) is 6.92 Å². The SMILES string of the molecule is Cc1cc(NC(=O)CN(CCN2CCOCC2)C(=O)c2cccc(C(F)(F)F)c2)no1. The zero-order chi connectivity index (χ0) is 22.4. The maximum Gasteiger partial charge on any atom is 0.416 e. The van der Waals surface area contributed by atoms with Crippen molar-refractivity contribution in [3.8, 4) is 0 Å². The number of ether oxygens (including phenoxy) is 1. The fourth-order valence-electron chi connectivity index (χ4n) is 3.13. The summed E-state index contributed by atoms with van der Waals surface area (Å²) in [6.07, 6.45) is -4.57. The van der Waals surface area contributed by atoms with E-state index in [0.717, 1.165) is 12.1 Å². The van der Waals surface area contributed by atoms with Crippen LogP contribution in [0.2, 0.25) is 0 Å². The standard InChI is InChI=1S/C20H23F3N4O4/c1-14-11-17(25-31-14)24-18(28)13-27(6-5-26-7-9-30-10-8-26)19(29)15-3-2-4-16(12-15)20(21,22)23/h2-4,11-12H,5-10,13H2,1H3,(H,24,25,28). The summed E-state index contributed by atoms with van der Waals surface area (Å²) >= 11 is 0. The Kier molecular flexibility index (Phi) is 7.29. The summed E-state index contributed by atoms with van der Waals surface area (Å²) in [4.78, 5) is 28.7. The quantitative estimate of drug-likeness (QED) is 0.712. The Balaban J connectivity index is 1.73. The molecule has 0 unspecified atom stereocenters. The lowest BCUT2D eigenvalue weighted by molar-refractivity contribution is -0.137. The first-order chi connectivity index (χ1) is 14.7. The Morgan fingerprint density at radius 1 is 1.23 bits per heavy atom. The number of carbonyl (C=O) groups is 2. The van der Waals surface area contributed by atoms with Crippen molar-refractivity contribution in [1.82, 2.24) is 15.0 Å². The monoisotopic (exact) mass is 440 g/mol. The van der Waals surface area contributed by atoms with Crippen molar-refractivity contribution in [2.45, 2.75) is 13.1 Å². The van der Waals surface area contributed by atoms with Gasteiger partial charge in [0.2, 0.25) is 5.91 Å². The van der Waals surface area contributed by atoms with Gasteiger partial charge >= 0.3 is 6.18 Å². The molecule has 0 radical (unpaired) electrons. The molecule has 11 heteroatoms. The Morgan fingerprint density at radius 3 is 2.61 bits per heavy atom. The minimum atomic E-state index is -4.57. The number of anilines is 1. The van der Waals surface area contributed by atoms with Crippen LogP contribution in [0.1, 0.15) is 21.7 Å². The molecule has 3 rings (SSSR count). The molecule has 8 nitrogen and oxygen atoms in total. The minimum absolute atomic E-state index is 0.137. The average Bonchev–Trinajstić information content (AvgIpc) is 3.15. The van der Waals surface area contributed by atoms with Gasteiger partial charge in [0.1, 0.15) is 12.3 Å². The molecule has 31 heavy (non-hydrogen) atoms.